The topological polar surface area (TPSA) is 123 Å². The van der Waals surface area contributed by atoms with Crippen molar-refractivity contribution < 1.29 is 28.8 Å². The van der Waals surface area contributed by atoms with Crippen LogP contribution < -0.4 is 19.6 Å². The zero-order chi connectivity index (χ0) is 30.2. The quantitative estimate of drug-likeness (QED) is 0.207. The van der Waals surface area contributed by atoms with Gasteiger partial charge in [-0.15, -0.1) is 0 Å². The summed E-state index contributed by atoms with van der Waals surface area (Å²) in [7, 11) is 1.56. The summed E-state index contributed by atoms with van der Waals surface area (Å²) in [6.45, 7) is 3.63. The summed E-state index contributed by atoms with van der Waals surface area (Å²) >= 11 is 1.19. The molecular weight excluding hydrogens is 570 g/mol. The average molecular weight is 597 g/mol. The Kier molecular flexibility index (Phi) is 7.24. The van der Waals surface area contributed by atoms with Crippen molar-refractivity contribution in [3.05, 3.63) is 120 Å². The summed E-state index contributed by atoms with van der Waals surface area (Å²) in [5.74, 6) is 0.913. The van der Waals surface area contributed by atoms with E-state index in [1.807, 2.05) is 36.4 Å². The van der Waals surface area contributed by atoms with Gasteiger partial charge in [0.25, 0.3) is 10.5 Å². The third-order valence-electron chi connectivity index (χ3n) is 7.21. The molecule has 0 spiro atoms. The molecule has 0 saturated carbocycles. The fraction of sp³-hybridized carbons (Fsp3) is 0.156. The molecule has 11 heteroatoms. The van der Waals surface area contributed by atoms with Gasteiger partial charge in [0.15, 0.2) is 4.80 Å². The van der Waals surface area contributed by atoms with Gasteiger partial charge in [-0.2, -0.15) is 0 Å². The first kappa shape index (κ1) is 27.9. The van der Waals surface area contributed by atoms with Crippen LogP contribution in [0.5, 0.6) is 5.75 Å². The van der Waals surface area contributed by atoms with E-state index in [9.17, 15) is 14.5 Å². The Balaban J connectivity index is 1.53. The van der Waals surface area contributed by atoms with Crippen LogP contribution >= 0.6 is 11.3 Å². The third-order valence-corrected chi connectivity index (χ3v) is 8.20. The summed E-state index contributed by atoms with van der Waals surface area (Å²) in [5, 5.41) is 10.8. The Labute approximate surface area is 248 Å². The van der Waals surface area contributed by atoms with E-state index in [2.05, 4.69) is 4.99 Å². The van der Waals surface area contributed by atoms with E-state index in [-0.39, 0.29) is 28.3 Å². The minimum Gasteiger partial charge on any atom is -0.496 e. The Morgan fingerprint density at radius 3 is 2.60 bits per heavy atom. The van der Waals surface area contributed by atoms with Crippen molar-refractivity contribution >= 4 is 39.8 Å². The van der Waals surface area contributed by atoms with Crippen LogP contribution in [-0.2, 0) is 9.53 Å². The van der Waals surface area contributed by atoms with Gasteiger partial charge in [-0.3, -0.25) is 9.36 Å². The van der Waals surface area contributed by atoms with Crippen molar-refractivity contribution in [3.8, 4) is 17.1 Å². The van der Waals surface area contributed by atoms with E-state index in [0.29, 0.717) is 43.4 Å². The second-order valence-electron chi connectivity index (χ2n) is 9.73. The molecule has 0 amide bonds. The molecule has 1 aliphatic rings. The molecule has 10 nitrogen and oxygen atoms in total. The number of esters is 1. The Bertz CT molecular complexity index is 2120. The Morgan fingerprint density at radius 2 is 1.88 bits per heavy atom. The standard InChI is InChI=1S/C32H26N3O7S/c1-4-41-31(37)27-18(2)33-32-34(29(27)28-23-8-6-5-7-19(23)11-15-25(28)40-3)30(36)26(43-32)17-22-14-16-24(42-22)20-9-12-21(13-10-20)35(38)39/h5-17,29H,4H2,1-3H3,(H,38,39)/q+1/b26-17+. The van der Waals surface area contributed by atoms with Crippen LogP contribution in [0.4, 0.5) is 5.69 Å². The number of allylic oxidation sites excluding steroid dienone is 1. The van der Waals surface area contributed by atoms with Gasteiger partial charge in [0.2, 0.25) is 0 Å². The summed E-state index contributed by atoms with van der Waals surface area (Å²) in [4.78, 5) is 43.5. The smallest absolute Gasteiger partial charge is 0.338 e. The SMILES string of the molecule is CCOC(=O)C1=C(C)N=c2s/c(=C/c3ccc(-c4ccc([N+](=O)O)cc4)o3)c(=O)n2C1c1c(OC)ccc2ccccc12. The molecule has 5 aromatic rings. The predicted octanol–water partition coefficient (Wildman–Crippen LogP) is 5.02. The highest BCUT2D eigenvalue weighted by atomic mass is 32.1. The van der Waals surface area contributed by atoms with Crippen LogP contribution in [0.15, 0.2) is 98.3 Å². The monoisotopic (exact) mass is 596 g/mol. The van der Waals surface area contributed by atoms with Gasteiger partial charge in [-0.1, -0.05) is 41.7 Å². The molecule has 1 aliphatic heterocycles. The maximum atomic E-state index is 14.1. The molecule has 2 aromatic heterocycles. The van der Waals surface area contributed by atoms with Crippen LogP contribution in [0.2, 0.25) is 0 Å². The van der Waals surface area contributed by atoms with Gasteiger partial charge in [0, 0.05) is 29.3 Å². The number of carbonyl (C=O) groups is 1. The van der Waals surface area contributed by atoms with Crippen LogP contribution in [0, 0.1) is 4.91 Å². The van der Waals surface area contributed by atoms with Crippen molar-refractivity contribution in [1.29, 1.82) is 0 Å². The van der Waals surface area contributed by atoms with Crippen molar-refractivity contribution in [1.82, 2.24) is 4.57 Å². The molecule has 0 bridgehead atoms. The van der Waals surface area contributed by atoms with E-state index < -0.39 is 12.0 Å². The molecule has 3 aromatic carbocycles. The van der Waals surface area contributed by atoms with E-state index in [4.69, 9.17) is 19.1 Å². The fourth-order valence-electron chi connectivity index (χ4n) is 5.27. The fourth-order valence-corrected chi connectivity index (χ4v) is 6.29. The first-order valence-electron chi connectivity index (χ1n) is 13.4. The number of hydrogen-bond donors (Lipinski definition) is 1. The van der Waals surface area contributed by atoms with Crippen molar-refractivity contribution in [3.63, 3.8) is 0 Å². The maximum Gasteiger partial charge on any atom is 0.338 e. The van der Waals surface area contributed by atoms with Gasteiger partial charge in [-0.05, 0) is 55.0 Å². The largest absolute Gasteiger partial charge is 0.496 e. The molecule has 1 N–H and O–H groups in total. The van der Waals surface area contributed by atoms with Gasteiger partial charge >= 0.3 is 11.7 Å². The number of thiazole rings is 1. The van der Waals surface area contributed by atoms with E-state index in [1.165, 1.54) is 28.0 Å². The lowest BCUT2D eigenvalue weighted by Gasteiger charge is -2.27. The Morgan fingerprint density at radius 1 is 1.12 bits per heavy atom. The van der Waals surface area contributed by atoms with Crippen molar-refractivity contribution in [2.75, 3.05) is 13.7 Å². The minimum absolute atomic E-state index is 0.0894. The maximum absolute atomic E-state index is 14.1. The summed E-state index contributed by atoms with van der Waals surface area (Å²) in [5.41, 5.74) is 1.80. The second-order valence-corrected chi connectivity index (χ2v) is 10.7. The van der Waals surface area contributed by atoms with E-state index >= 15 is 0 Å². The lowest BCUT2D eigenvalue weighted by Crippen LogP contribution is -2.40. The molecule has 1 atom stereocenters. The molecule has 0 saturated heterocycles. The lowest BCUT2D eigenvalue weighted by molar-refractivity contribution is -0.729. The molecule has 6 rings (SSSR count). The molecule has 43 heavy (non-hydrogen) atoms. The number of hydrogen-bond acceptors (Lipinski definition) is 8. The number of furan rings is 1. The lowest BCUT2D eigenvalue weighted by atomic mass is 9.90. The predicted molar refractivity (Wildman–Crippen MR) is 160 cm³/mol. The molecule has 0 fully saturated rings. The van der Waals surface area contributed by atoms with E-state index in [0.717, 1.165) is 10.8 Å². The van der Waals surface area contributed by atoms with Crippen molar-refractivity contribution in [2.45, 2.75) is 19.9 Å². The highest BCUT2D eigenvalue weighted by Gasteiger charge is 2.36. The van der Waals surface area contributed by atoms with Crippen LogP contribution in [0.3, 0.4) is 0 Å². The number of carbonyl (C=O) groups excluding carboxylic acids is 1. The van der Waals surface area contributed by atoms with Crippen LogP contribution in [-0.4, -0.2) is 34.4 Å². The zero-order valence-electron chi connectivity index (χ0n) is 23.4. The second kappa shape index (κ2) is 11.2. The number of fused-ring (bicyclic) bond motifs is 2. The number of aromatic nitrogens is 1. The van der Waals surface area contributed by atoms with Crippen LogP contribution in [0.25, 0.3) is 28.2 Å². The number of nitrogens with zero attached hydrogens (tertiary/aromatic N) is 3. The highest BCUT2D eigenvalue weighted by molar-refractivity contribution is 7.07. The van der Waals surface area contributed by atoms with Gasteiger partial charge in [-0.25, -0.2) is 15.0 Å². The normalized spacial score (nSPS) is 14.9. The van der Waals surface area contributed by atoms with Crippen LogP contribution in [0.1, 0.15) is 31.2 Å². The molecular formula is C32H26N3O7S+. The molecule has 1 unspecified atom stereocenters. The zero-order valence-corrected chi connectivity index (χ0v) is 24.3. The summed E-state index contributed by atoms with van der Waals surface area (Å²) in [6.07, 6.45) is 1.63. The number of rotatable bonds is 7. The third kappa shape index (κ3) is 4.93. The first-order valence-corrected chi connectivity index (χ1v) is 14.2. The highest BCUT2D eigenvalue weighted by Crippen LogP contribution is 2.40. The molecule has 3 heterocycles. The van der Waals surface area contributed by atoms with Crippen molar-refractivity contribution in [2.24, 2.45) is 4.99 Å². The first-order chi connectivity index (χ1) is 20.8. The van der Waals surface area contributed by atoms with Gasteiger partial charge in [0.1, 0.15) is 23.3 Å². The average Bonchev–Trinajstić information content (AvgIpc) is 3.60. The summed E-state index contributed by atoms with van der Waals surface area (Å²) in [6, 6.07) is 20.3. The number of methoxy groups -OCH3 is 1. The minimum atomic E-state index is -0.851. The summed E-state index contributed by atoms with van der Waals surface area (Å²) < 4.78 is 19.1. The number of benzene rings is 3. The number of ether oxygens (including phenoxy) is 2. The van der Waals surface area contributed by atoms with Gasteiger partial charge in [0.05, 0.1) is 34.4 Å². The molecule has 216 valence electrons. The Hall–Kier alpha value is -5.29. The molecule has 0 radical (unpaired) electrons. The van der Waals surface area contributed by atoms with Gasteiger partial charge < -0.3 is 13.9 Å². The van der Waals surface area contributed by atoms with E-state index in [1.54, 1.807) is 51.3 Å². The molecule has 0 aliphatic carbocycles.